The Morgan fingerprint density at radius 3 is 1.94 bits per heavy atom. The molecule has 34 heavy (non-hydrogen) atoms. The van der Waals surface area contributed by atoms with E-state index in [1.54, 1.807) is 0 Å². The largest absolute Gasteiger partial charge is 0.336 e. The Morgan fingerprint density at radius 2 is 1.41 bits per heavy atom. The first-order valence-electron chi connectivity index (χ1n) is 11.5. The van der Waals surface area contributed by atoms with Gasteiger partial charge in [-0.3, -0.25) is 19.6 Å². The number of carbonyl (C=O) groups excluding carboxylic acids is 1. The molecule has 2 fully saturated rings. The normalized spacial score (nSPS) is 17.5. The highest BCUT2D eigenvalue weighted by Crippen LogP contribution is 2.21. The van der Waals surface area contributed by atoms with Crippen LogP contribution in [0.5, 0.6) is 0 Å². The number of hydrogen-bond donors (Lipinski definition) is 0. The Labute approximate surface area is 222 Å². The molecule has 1 aromatic carbocycles. The smallest absolute Gasteiger partial charge is 0.253 e. The van der Waals surface area contributed by atoms with Gasteiger partial charge in [-0.25, -0.2) is 0 Å². The first kappa shape index (κ1) is 30.6. The van der Waals surface area contributed by atoms with Gasteiger partial charge < -0.3 is 9.80 Å². The minimum absolute atomic E-state index is 0. The lowest BCUT2D eigenvalue weighted by atomic mass is 10.0. The second-order valence-electron chi connectivity index (χ2n) is 9.12. The van der Waals surface area contributed by atoms with Crippen LogP contribution in [0.1, 0.15) is 29.9 Å². The summed E-state index contributed by atoms with van der Waals surface area (Å²) in [6, 6.07) is 12.9. The number of hydrogen-bond acceptors (Lipinski definition) is 5. The van der Waals surface area contributed by atoms with Gasteiger partial charge in [-0.15, -0.1) is 37.2 Å². The standard InChI is InChI=1S/C25H35N5O.3ClH/c1-20(2)29-16-12-28(13-17-29)19-24-9-8-23(18-26-24)21-4-6-22(7-5-21)25(31)30-14-10-27(3)11-15-30;;;/h4-9,18,20H,10-17,19H2,1-3H3;3*1H. The summed E-state index contributed by atoms with van der Waals surface area (Å²) in [6.07, 6.45) is 1.96. The van der Waals surface area contributed by atoms with Gasteiger partial charge >= 0.3 is 0 Å². The fourth-order valence-corrected chi connectivity index (χ4v) is 4.35. The zero-order valence-electron chi connectivity index (χ0n) is 20.4. The van der Waals surface area contributed by atoms with Crippen molar-refractivity contribution in [3.05, 3.63) is 53.9 Å². The van der Waals surface area contributed by atoms with Crippen molar-refractivity contribution in [3.63, 3.8) is 0 Å². The average Bonchev–Trinajstić information content (AvgIpc) is 2.80. The minimum atomic E-state index is 0. The van der Waals surface area contributed by atoms with Crippen LogP contribution in [0.25, 0.3) is 11.1 Å². The molecule has 9 heteroatoms. The molecule has 0 N–H and O–H groups in total. The predicted molar refractivity (Wildman–Crippen MR) is 147 cm³/mol. The van der Waals surface area contributed by atoms with Crippen molar-refractivity contribution < 1.29 is 4.79 Å². The van der Waals surface area contributed by atoms with E-state index in [1.807, 2.05) is 35.4 Å². The summed E-state index contributed by atoms with van der Waals surface area (Å²) in [5, 5.41) is 0. The van der Waals surface area contributed by atoms with Gasteiger partial charge in [0.2, 0.25) is 0 Å². The molecule has 0 spiro atoms. The third kappa shape index (κ3) is 7.80. The Kier molecular flexibility index (Phi) is 12.8. The second kappa shape index (κ2) is 14.2. The van der Waals surface area contributed by atoms with Crippen molar-refractivity contribution >= 4 is 43.1 Å². The van der Waals surface area contributed by atoms with Gasteiger partial charge in [0.15, 0.2) is 0 Å². The van der Waals surface area contributed by atoms with Crippen molar-refractivity contribution in [2.45, 2.75) is 26.4 Å². The van der Waals surface area contributed by atoms with Crippen molar-refractivity contribution in [2.24, 2.45) is 0 Å². The predicted octanol–water partition coefficient (Wildman–Crippen LogP) is 3.93. The van der Waals surface area contributed by atoms with E-state index in [0.29, 0.717) is 6.04 Å². The van der Waals surface area contributed by atoms with Crippen molar-refractivity contribution in [1.82, 2.24) is 24.6 Å². The molecule has 3 heterocycles. The molecule has 2 aliphatic heterocycles. The molecule has 2 aromatic rings. The number of benzene rings is 1. The molecule has 1 aromatic heterocycles. The number of aromatic nitrogens is 1. The van der Waals surface area contributed by atoms with Crippen LogP contribution in [-0.4, -0.2) is 95.9 Å². The maximum Gasteiger partial charge on any atom is 0.253 e. The third-order valence-electron chi connectivity index (χ3n) is 6.60. The average molecular weight is 531 g/mol. The lowest BCUT2D eigenvalue weighted by Crippen LogP contribution is -2.48. The fraction of sp³-hybridized carbons (Fsp3) is 0.520. The van der Waals surface area contributed by atoms with Crippen LogP contribution in [0.15, 0.2) is 42.6 Å². The third-order valence-corrected chi connectivity index (χ3v) is 6.60. The highest BCUT2D eigenvalue weighted by molar-refractivity contribution is 5.94. The summed E-state index contributed by atoms with van der Waals surface area (Å²) in [7, 11) is 2.10. The minimum Gasteiger partial charge on any atom is -0.336 e. The molecule has 0 saturated carbocycles. The van der Waals surface area contributed by atoms with Crippen molar-refractivity contribution in [3.8, 4) is 11.1 Å². The lowest BCUT2D eigenvalue weighted by Gasteiger charge is -2.36. The molecule has 190 valence electrons. The van der Waals surface area contributed by atoms with Crippen molar-refractivity contribution in [2.75, 3.05) is 59.4 Å². The van der Waals surface area contributed by atoms with E-state index in [1.165, 1.54) is 0 Å². The number of rotatable bonds is 5. The Balaban J connectivity index is 0.00000193. The highest BCUT2D eigenvalue weighted by atomic mass is 35.5. The number of nitrogens with zero attached hydrogens (tertiary/aromatic N) is 5. The van der Waals surface area contributed by atoms with E-state index in [2.05, 4.69) is 47.7 Å². The topological polar surface area (TPSA) is 42.9 Å². The van der Waals surface area contributed by atoms with E-state index < -0.39 is 0 Å². The van der Waals surface area contributed by atoms with Crippen molar-refractivity contribution in [1.29, 1.82) is 0 Å². The summed E-state index contributed by atoms with van der Waals surface area (Å²) < 4.78 is 0. The number of likely N-dealkylation sites (N-methyl/N-ethyl adjacent to an activating group) is 1. The summed E-state index contributed by atoms with van der Waals surface area (Å²) >= 11 is 0. The molecule has 0 aliphatic carbocycles. The Hall–Kier alpha value is -1.41. The first-order valence-corrected chi connectivity index (χ1v) is 11.5. The number of pyridine rings is 1. The van der Waals surface area contributed by atoms with Crippen LogP contribution in [0, 0.1) is 0 Å². The van der Waals surface area contributed by atoms with E-state index in [0.717, 1.165) is 81.3 Å². The number of piperazine rings is 2. The molecule has 6 nitrogen and oxygen atoms in total. The summed E-state index contributed by atoms with van der Waals surface area (Å²) in [4.78, 5) is 26.7. The van der Waals surface area contributed by atoms with Gasteiger partial charge in [-0.1, -0.05) is 18.2 Å². The zero-order valence-corrected chi connectivity index (χ0v) is 22.8. The van der Waals surface area contributed by atoms with Crippen LogP contribution < -0.4 is 0 Å². The molecule has 0 bridgehead atoms. The summed E-state index contributed by atoms with van der Waals surface area (Å²) in [5.74, 6) is 0.130. The van der Waals surface area contributed by atoms with Gasteiger partial charge in [0.1, 0.15) is 0 Å². The highest BCUT2D eigenvalue weighted by Gasteiger charge is 2.21. The maximum atomic E-state index is 12.7. The summed E-state index contributed by atoms with van der Waals surface area (Å²) in [5.41, 5.74) is 4.06. The SMILES string of the molecule is CC(C)N1CCN(Cc2ccc(-c3ccc(C(=O)N4CCN(C)CC4)cc3)cn2)CC1.Cl.Cl.Cl. The molecule has 2 aliphatic rings. The lowest BCUT2D eigenvalue weighted by molar-refractivity contribution is 0.0664. The Morgan fingerprint density at radius 1 is 0.824 bits per heavy atom. The fourth-order valence-electron chi connectivity index (χ4n) is 4.35. The Bertz CT molecular complexity index is 863. The van der Waals surface area contributed by atoms with E-state index >= 15 is 0 Å². The molecular formula is C25H38Cl3N5O. The van der Waals surface area contributed by atoms with E-state index in [9.17, 15) is 4.79 Å². The maximum absolute atomic E-state index is 12.7. The van der Waals surface area contributed by atoms with Crippen LogP contribution >= 0.6 is 37.2 Å². The first-order chi connectivity index (χ1) is 15.0. The van der Waals surface area contributed by atoms with E-state index in [4.69, 9.17) is 4.98 Å². The molecule has 4 rings (SSSR count). The van der Waals surface area contributed by atoms with Crippen LogP contribution in [0.4, 0.5) is 0 Å². The quantitative estimate of drug-likeness (QED) is 0.586. The zero-order chi connectivity index (χ0) is 21.8. The summed E-state index contributed by atoms with van der Waals surface area (Å²) in [6.45, 7) is 13.4. The number of halogens is 3. The van der Waals surface area contributed by atoms with Gasteiger partial charge in [0, 0.05) is 82.3 Å². The molecule has 2 saturated heterocycles. The van der Waals surface area contributed by atoms with Gasteiger partial charge in [-0.2, -0.15) is 0 Å². The van der Waals surface area contributed by atoms with Crippen LogP contribution in [0.2, 0.25) is 0 Å². The van der Waals surface area contributed by atoms with Crippen LogP contribution in [-0.2, 0) is 6.54 Å². The van der Waals surface area contributed by atoms with Crippen LogP contribution in [0.3, 0.4) is 0 Å². The molecule has 0 unspecified atom stereocenters. The number of carbonyl (C=O) groups is 1. The van der Waals surface area contributed by atoms with Gasteiger partial charge in [-0.05, 0) is 44.7 Å². The molecule has 0 atom stereocenters. The molecular weight excluding hydrogens is 493 g/mol. The van der Waals surface area contributed by atoms with Gasteiger partial charge in [0.05, 0.1) is 5.69 Å². The van der Waals surface area contributed by atoms with Gasteiger partial charge in [0.25, 0.3) is 5.91 Å². The molecule has 0 radical (unpaired) electrons. The van der Waals surface area contributed by atoms with E-state index in [-0.39, 0.29) is 43.1 Å². The monoisotopic (exact) mass is 529 g/mol. The second-order valence-corrected chi connectivity index (χ2v) is 9.12. The molecule has 1 amide bonds. The number of amides is 1.